The van der Waals surface area contributed by atoms with E-state index >= 15 is 0 Å². The molecule has 21 heavy (non-hydrogen) atoms. The molecule has 0 spiro atoms. The van der Waals surface area contributed by atoms with Crippen molar-refractivity contribution in [3.8, 4) is 11.4 Å². The number of hydrogen-bond acceptors (Lipinski definition) is 3. The minimum absolute atomic E-state index is 0.0802. The molecule has 0 saturated carbocycles. The van der Waals surface area contributed by atoms with Gasteiger partial charge < -0.3 is 5.11 Å². The molecule has 0 radical (unpaired) electrons. The molecular formula is C15H14BrClN2O2. The van der Waals surface area contributed by atoms with Crippen molar-refractivity contribution in [2.45, 2.75) is 26.7 Å². The van der Waals surface area contributed by atoms with Crippen LogP contribution in [0.4, 0.5) is 0 Å². The number of hydrogen-bond donors (Lipinski definition) is 1. The van der Waals surface area contributed by atoms with Crippen LogP contribution < -0.4 is 0 Å². The summed E-state index contributed by atoms with van der Waals surface area (Å²) in [4.78, 5) is 19.7. The van der Waals surface area contributed by atoms with E-state index in [1.807, 2.05) is 26.0 Å². The van der Waals surface area contributed by atoms with Crippen molar-refractivity contribution in [3.63, 3.8) is 0 Å². The maximum Gasteiger partial charge on any atom is 0.303 e. The normalized spacial score (nSPS) is 10.7. The lowest BCUT2D eigenvalue weighted by Gasteiger charge is -2.10. The molecule has 1 heterocycles. The fourth-order valence-electron chi connectivity index (χ4n) is 2.10. The van der Waals surface area contributed by atoms with Crippen LogP contribution in [0.3, 0.4) is 0 Å². The summed E-state index contributed by atoms with van der Waals surface area (Å²) >= 11 is 9.37. The predicted octanol–water partition coefficient (Wildman–Crippen LogP) is 4.19. The molecule has 2 rings (SSSR count). The van der Waals surface area contributed by atoms with Gasteiger partial charge in [0.2, 0.25) is 0 Å². The van der Waals surface area contributed by atoms with Gasteiger partial charge in [0, 0.05) is 27.8 Å². The Kier molecular flexibility index (Phi) is 4.96. The second kappa shape index (κ2) is 6.54. The zero-order valence-electron chi connectivity index (χ0n) is 11.7. The third-order valence-corrected chi connectivity index (χ3v) is 4.40. The van der Waals surface area contributed by atoms with Crippen LogP contribution in [-0.2, 0) is 11.2 Å². The number of aryl methyl sites for hydroxylation is 2. The summed E-state index contributed by atoms with van der Waals surface area (Å²) in [5.74, 6) is -0.207. The van der Waals surface area contributed by atoms with Crippen molar-refractivity contribution in [3.05, 3.63) is 44.6 Å². The highest BCUT2D eigenvalue weighted by atomic mass is 79.9. The second-order valence-corrected chi connectivity index (χ2v) is 5.98. The van der Waals surface area contributed by atoms with Crippen LogP contribution in [0.1, 0.15) is 23.4 Å². The van der Waals surface area contributed by atoms with Crippen LogP contribution in [0, 0.1) is 13.8 Å². The quantitative estimate of drug-likeness (QED) is 0.877. The number of carbonyl (C=O) groups is 1. The molecule has 0 aliphatic carbocycles. The maximum atomic E-state index is 10.7. The van der Waals surface area contributed by atoms with Crippen molar-refractivity contribution in [2.75, 3.05) is 0 Å². The zero-order chi connectivity index (χ0) is 15.6. The average Bonchev–Trinajstić information content (AvgIpc) is 2.40. The molecule has 0 atom stereocenters. The molecule has 0 aliphatic rings. The lowest BCUT2D eigenvalue weighted by atomic mass is 10.1. The Morgan fingerprint density at radius 1 is 1.29 bits per heavy atom. The van der Waals surface area contributed by atoms with Crippen LogP contribution in [0.25, 0.3) is 11.4 Å². The van der Waals surface area contributed by atoms with Crippen LogP contribution in [0.5, 0.6) is 0 Å². The second-order valence-electron chi connectivity index (χ2n) is 4.72. The Hall–Kier alpha value is -1.46. The average molecular weight is 370 g/mol. The number of carboxylic acid groups (broad SMARTS) is 1. The van der Waals surface area contributed by atoms with Gasteiger partial charge in [-0.05, 0) is 60.0 Å². The maximum absolute atomic E-state index is 10.7. The van der Waals surface area contributed by atoms with E-state index in [1.165, 1.54) is 0 Å². The highest BCUT2D eigenvalue weighted by molar-refractivity contribution is 9.10. The first-order valence-corrected chi connectivity index (χ1v) is 7.57. The third kappa shape index (κ3) is 3.80. The third-order valence-electron chi connectivity index (χ3n) is 3.19. The summed E-state index contributed by atoms with van der Waals surface area (Å²) in [6, 6.07) is 5.51. The molecule has 110 valence electrons. The summed E-state index contributed by atoms with van der Waals surface area (Å²) in [6.07, 6.45) is 0.522. The number of benzene rings is 1. The summed E-state index contributed by atoms with van der Waals surface area (Å²) in [7, 11) is 0. The minimum atomic E-state index is -0.820. The first-order valence-electron chi connectivity index (χ1n) is 6.40. The molecule has 6 heteroatoms. The van der Waals surface area contributed by atoms with Gasteiger partial charge in [-0.2, -0.15) is 0 Å². The van der Waals surface area contributed by atoms with E-state index in [2.05, 4.69) is 25.9 Å². The fraction of sp³-hybridized carbons (Fsp3) is 0.267. The van der Waals surface area contributed by atoms with E-state index in [0.717, 1.165) is 27.0 Å². The number of rotatable bonds is 4. The minimum Gasteiger partial charge on any atom is -0.481 e. The first-order chi connectivity index (χ1) is 9.88. The van der Waals surface area contributed by atoms with Crippen LogP contribution in [0.15, 0.2) is 22.7 Å². The van der Waals surface area contributed by atoms with Gasteiger partial charge in [0.05, 0.1) is 5.02 Å². The fourth-order valence-corrected chi connectivity index (χ4v) is 2.59. The van der Waals surface area contributed by atoms with Gasteiger partial charge in [-0.3, -0.25) is 4.79 Å². The predicted molar refractivity (Wildman–Crippen MR) is 85.6 cm³/mol. The molecular weight excluding hydrogens is 356 g/mol. The molecule has 4 nitrogen and oxygen atoms in total. The zero-order valence-corrected chi connectivity index (χ0v) is 14.0. The Balaban J connectivity index is 2.38. The Morgan fingerprint density at radius 2 is 1.90 bits per heavy atom. The SMILES string of the molecule is Cc1nc(-c2ccc(Cl)c(Br)c2)nc(C)c1CCC(=O)O. The van der Waals surface area contributed by atoms with Crippen molar-refractivity contribution in [2.24, 2.45) is 0 Å². The molecule has 1 aromatic carbocycles. The topological polar surface area (TPSA) is 63.1 Å². The highest BCUT2D eigenvalue weighted by Gasteiger charge is 2.12. The number of aromatic nitrogens is 2. The molecule has 0 fully saturated rings. The van der Waals surface area contributed by atoms with Crippen molar-refractivity contribution >= 4 is 33.5 Å². The Bertz CT molecular complexity index is 681. The summed E-state index contributed by atoms with van der Waals surface area (Å²) in [6.45, 7) is 3.75. The van der Waals surface area contributed by atoms with E-state index in [4.69, 9.17) is 16.7 Å². The molecule has 1 N–H and O–H groups in total. The lowest BCUT2D eigenvalue weighted by Crippen LogP contribution is -2.06. The van der Waals surface area contributed by atoms with E-state index in [1.54, 1.807) is 6.07 Å². The number of carboxylic acids is 1. The Morgan fingerprint density at radius 3 is 2.43 bits per heavy atom. The van der Waals surface area contributed by atoms with Crippen molar-refractivity contribution in [1.29, 1.82) is 0 Å². The summed E-state index contributed by atoms with van der Waals surface area (Å²) in [5.41, 5.74) is 3.38. The van der Waals surface area contributed by atoms with Gasteiger partial charge in [-0.15, -0.1) is 0 Å². The van der Waals surface area contributed by atoms with Crippen LogP contribution in [0.2, 0.25) is 5.02 Å². The smallest absolute Gasteiger partial charge is 0.303 e. The summed E-state index contributed by atoms with van der Waals surface area (Å²) in [5, 5.41) is 9.42. The van der Waals surface area contributed by atoms with Crippen LogP contribution >= 0.6 is 27.5 Å². The standard InChI is InChI=1S/C15H14BrClN2O2/c1-8-11(4-6-14(20)21)9(2)19-15(18-8)10-3-5-13(17)12(16)7-10/h3,5,7H,4,6H2,1-2H3,(H,20,21). The Labute approximate surface area is 136 Å². The number of halogens is 2. The molecule has 0 aliphatic heterocycles. The van der Waals surface area contributed by atoms with Crippen molar-refractivity contribution < 1.29 is 9.90 Å². The van der Waals surface area contributed by atoms with Gasteiger partial charge in [0.1, 0.15) is 0 Å². The van der Waals surface area contributed by atoms with E-state index in [0.29, 0.717) is 17.3 Å². The first kappa shape index (κ1) is 15.9. The molecule has 0 saturated heterocycles. The monoisotopic (exact) mass is 368 g/mol. The molecule has 0 bridgehead atoms. The molecule has 0 unspecified atom stereocenters. The lowest BCUT2D eigenvalue weighted by molar-refractivity contribution is -0.136. The van der Waals surface area contributed by atoms with Gasteiger partial charge >= 0.3 is 5.97 Å². The van der Waals surface area contributed by atoms with Gasteiger partial charge in [-0.1, -0.05) is 11.6 Å². The van der Waals surface area contributed by atoms with Gasteiger partial charge in [0.25, 0.3) is 0 Å². The van der Waals surface area contributed by atoms with Crippen molar-refractivity contribution in [1.82, 2.24) is 9.97 Å². The molecule has 1 aromatic heterocycles. The highest BCUT2D eigenvalue weighted by Crippen LogP contribution is 2.28. The largest absolute Gasteiger partial charge is 0.481 e. The molecule has 2 aromatic rings. The summed E-state index contributed by atoms with van der Waals surface area (Å²) < 4.78 is 0.788. The number of aliphatic carboxylic acids is 1. The number of nitrogens with zero attached hydrogens (tertiary/aromatic N) is 2. The van der Waals surface area contributed by atoms with Gasteiger partial charge in [0.15, 0.2) is 5.82 Å². The van der Waals surface area contributed by atoms with E-state index in [-0.39, 0.29) is 6.42 Å². The molecule has 0 amide bonds. The van der Waals surface area contributed by atoms with E-state index in [9.17, 15) is 4.79 Å². The van der Waals surface area contributed by atoms with Crippen LogP contribution in [-0.4, -0.2) is 21.0 Å². The van der Waals surface area contributed by atoms with Gasteiger partial charge in [-0.25, -0.2) is 9.97 Å². The van der Waals surface area contributed by atoms with E-state index < -0.39 is 5.97 Å².